The number of carbonyl (C=O) groups excluding carboxylic acids is 4. The van der Waals surface area contributed by atoms with E-state index in [4.69, 9.17) is 0 Å². The fourth-order valence-electron chi connectivity index (χ4n) is 4.46. The number of carbonyl (C=O) groups is 4. The van der Waals surface area contributed by atoms with Gasteiger partial charge < -0.3 is 20.0 Å². The monoisotopic (exact) mass is 480 g/mol. The van der Waals surface area contributed by atoms with Gasteiger partial charge in [0.1, 0.15) is 11.7 Å². The largest absolute Gasteiger partial charge is 0.339 e. The number of rotatable bonds is 5. The number of amides is 4. The number of hydrogen-bond donors (Lipinski definition) is 1. The van der Waals surface area contributed by atoms with Crippen LogP contribution in [0.4, 0.5) is 0 Å². The van der Waals surface area contributed by atoms with Crippen LogP contribution in [0.1, 0.15) is 52.4 Å². The Bertz CT molecular complexity index is 1120. The van der Waals surface area contributed by atoms with Gasteiger partial charge in [0.05, 0.1) is 0 Å². The minimum Gasteiger partial charge on any atom is -0.339 e. The van der Waals surface area contributed by atoms with Gasteiger partial charge in [-0.3, -0.25) is 23.9 Å². The molecule has 4 amide bonds. The number of nitrogens with one attached hydrogen (secondary N) is 1. The SMILES string of the molecule is CC(=O)N1CCN(C(=O)[C@H](C)NC(=O)c2cc3n(n2)CCCN(Cc2ccc(C)cc2)C3=O)CC1. The molecule has 0 aliphatic carbocycles. The molecule has 10 heteroatoms. The van der Waals surface area contributed by atoms with Gasteiger partial charge >= 0.3 is 0 Å². The molecule has 0 unspecified atom stereocenters. The minimum absolute atomic E-state index is 0.00928. The predicted octanol–water partition coefficient (Wildman–Crippen LogP) is 1.05. The lowest BCUT2D eigenvalue weighted by Gasteiger charge is -2.35. The third kappa shape index (κ3) is 5.52. The molecule has 2 aliphatic rings. The van der Waals surface area contributed by atoms with Gasteiger partial charge in [-0.25, -0.2) is 0 Å². The van der Waals surface area contributed by atoms with E-state index in [2.05, 4.69) is 10.4 Å². The smallest absolute Gasteiger partial charge is 0.272 e. The summed E-state index contributed by atoms with van der Waals surface area (Å²) in [6.07, 6.45) is 0.731. The number of nitrogens with zero attached hydrogens (tertiary/aromatic N) is 5. The summed E-state index contributed by atoms with van der Waals surface area (Å²) in [6.45, 7) is 8.64. The van der Waals surface area contributed by atoms with Crippen molar-refractivity contribution in [2.45, 2.75) is 46.3 Å². The zero-order valence-electron chi connectivity index (χ0n) is 20.5. The Morgan fingerprint density at radius 3 is 2.31 bits per heavy atom. The molecule has 35 heavy (non-hydrogen) atoms. The molecule has 1 saturated heterocycles. The molecule has 1 aromatic heterocycles. The van der Waals surface area contributed by atoms with Crippen molar-refractivity contribution in [2.24, 2.45) is 0 Å². The van der Waals surface area contributed by atoms with Gasteiger partial charge in [-0.1, -0.05) is 29.8 Å². The van der Waals surface area contributed by atoms with Crippen molar-refractivity contribution >= 4 is 23.6 Å². The molecule has 0 spiro atoms. The molecular formula is C25H32N6O4. The number of hydrogen-bond acceptors (Lipinski definition) is 5. The normalized spacial score (nSPS) is 17.0. The van der Waals surface area contributed by atoms with E-state index >= 15 is 0 Å². The van der Waals surface area contributed by atoms with E-state index in [0.717, 1.165) is 17.5 Å². The number of aromatic nitrogens is 2. The van der Waals surface area contributed by atoms with E-state index in [1.807, 2.05) is 31.2 Å². The predicted molar refractivity (Wildman–Crippen MR) is 129 cm³/mol. The molecule has 186 valence electrons. The van der Waals surface area contributed by atoms with Gasteiger partial charge in [0.15, 0.2) is 5.69 Å². The Labute approximate surface area is 204 Å². The van der Waals surface area contributed by atoms with Crippen molar-refractivity contribution in [1.82, 2.24) is 29.8 Å². The molecule has 4 rings (SSSR count). The summed E-state index contributed by atoms with van der Waals surface area (Å²) in [7, 11) is 0. The Morgan fingerprint density at radius 2 is 1.66 bits per heavy atom. The molecule has 0 radical (unpaired) electrons. The topological polar surface area (TPSA) is 108 Å². The van der Waals surface area contributed by atoms with Crippen molar-refractivity contribution in [1.29, 1.82) is 0 Å². The maximum absolute atomic E-state index is 13.2. The minimum atomic E-state index is -0.748. The molecule has 10 nitrogen and oxygen atoms in total. The van der Waals surface area contributed by atoms with Crippen LogP contribution in [0.15, 0.2) is 30.3 Å². The number of piperazine rings is 1. The van der Waals surface area contributed by atoms with Crippen molar-refractivity contribution in [3.63, 3.8) is 0 Å². The van der Waals surface area contributed by atoms with Crippen LogP contribution in [0.25, 0.3) is 0 Å². The van der Waals surface area contributed by atoms with Crippen LogP contribution in [0.5, 0.6) is 0 Å². The zero-order chi connectivity index (χ0) is 25.1. The average molecular weight is 481 g/mol. The third-order valence-electron chi connectivity index (χ3n) is 6.57. The maximum Gasteiger partial charge on any atom is 0.272 e. The molecule has 1 fully saturated rings. The van der Waals surface area contributed by atoms with Gasteiger partial charge in [0.2, 0.25) is 11.8 Å². The van der Waals surface area contributed by atoms with E-state index in [0.29, 0.717) is 51.5 Å². The van der Waals surface area contributed by atoms with Gasteiger partial charge in [-0.2, -0.15) is 5.10 Å². The average Bonchev–Trinajstić information content (AvgIpc) is 3.22. The summed E-state index contributed by atoms with van der Waals surface area (Å²) in [5, 5.41) is 7.07. The van der Waals surface area contributed by atoms with Crippen LogP contribution < -0.4 is 5.32 Å². The first-order valence-electron chi connectivity index (χ1n) is 12.0. The molecule has 3 heterocycles. The first kappa shape index (κ1) is 24.4. The van der Waals surface area contributed by atoms with Gasteiger partial charge in [-0.05, 0) is 25.8 Å². The lowest BCUT2D eigenvalue weighted by Crippen LogP contribution is -2.54. The highest BCUT2D eigenvalue weighted by molar-refractivity contribution is 5.99. The van der Waals surface area contributed by atoms with E-state index in [1.54, 1.807) is 26.3 Å². The summed E-state index contributed by atoms with van der Waals surface area (Å²) >= 11 is 0. The summed E-state index contributed by atoms with van der Waals surface area (Å²) in [5.74, 6) is -0.874. The summed E-state index contributed by atoms with van der Waals surface area (Å²) < 4.78 is 1.58. The molecule has 1 N–H and O–H groups in total. The van der Waals surface area contributed by atoms with Crippen molar-refractivity contribution in [3.8, 4) is 0 Å². The Balaban J connectivity index is 1.39. The highest BCUT2D eigenvalue weighted by Gasteiger charge is 2.29. The second kappa shape index (κ2) is 10.3. The van der Waals surface area contributed by atoms with Gasteiger partial charge in [-0.15, -0.1) is 0 Å². The molecular weight excluding hydrogens is 448 g/mol. The van der Waals surface area contributed by atoms with Crippen LogP contribution in [0.3, 0.4) is 0 Å². The first-order chi connectivity index (χ1) is 16.7. The highest BCUT2D eigenvalue weighted by Crippen LogP contribution is 2.17. The van der Waals surface area contributed by atoms with Crippen LogP contribution in [-0.4, -0.2) is 86.9 Å². The molecule has 0 saturated carbocycles. The zero-order valence-corrected chi connectivity index (χ0v) is 20.5. The van der Waals surface area contributed by atoms with E-state index < -0.39 is 11.9 Å². The Hall–Kier alpha value is -3.69. The second-order valence-electron chi connectivity index (χ2n) is 9.23. The lowest BCUT2D eigenvalue weighted by molar-refractivity contribution is -0.139. The number of benzene rings is 1. The molecule has 1 atom stereocenters. The summed E-state index contributed by atoms with van der Waals surface area (Å²) in [6, 6.07) is 8.84. The second-order valence-corrected chi connectivity index (χ2v) is 9.23. The van der Waals surface area contributed by atoms with Crippen LogP contribution >= 0.6 is 0 Å². The van der Waals surface area contributed by atoms with E-state index in [1.165, 1.54) is 13.0 Å². The number of fused-ring (bicyclic) bond motifs is 1. The quantitative estimate of drug-likeness (QED) is 0.688. The fourth-order valence-corrected chi connectivity index (χ4v) is 4.46. The first-order valence-corrected chi connectivity index (χ1v) is 12.0. The molecule has 1 aromatic carbocycles. The van der Waals surface area contributed by atoms with Crippen molar-refractivity contribution in [3.05, 3.63) is 52.8 Å². The van der Waals surface area contributed by atoms with Crippen molar-refractivity contribution < 1.29 is 19.2 Å². The molecule has 2 aromatic rings. The van der Waals surface area contributed by atoms with E-state index in [-0.39, 0.29) is 23.4 Å². The van der Waals surface area contributed by atoms with Gasteiger partial charge in [0.25, 0.3) is 11.8 Å². The molecule has 2 aliphatic heterocycles. The summed E-state index contributed by atoms with van der Waals surface area (Å²) in [5.41, 5.74) is 2.70. The van der Waals surface area contributed by atoms with Crippen LogP contribution in [0, 0.1) is 6.92 Å². The number of aryl methyl sites for hydroxylation is 2. The Morgan fingerprint density at radius 1 is 1.00 bits per heavy atom. The van der Waals surface area contributed by atoms with Crippen LogP contribution in [0.2, 0.25) is 0 Å². The fraction of sp³-hybridized carbons (Fsp3) is 0.480. The Kier molecular flexibility index (Phi) is 7.18. The van der Waals surface area contributed by atoms with Gasteiger partial charge in [0, 0.05) is 58.8 Å². The summed E-state index contributed by atoms with van der Waals surface area (Å²) in [4.78, 5) is 55.5. The lowest BCUT2D eigenvalue weighted by atomic mass is 10.1. The standard InChI is InChI=1S/C25H32N6O4/c1-17-5-7-20(8-6-17)16-30-9-4-10-31-22(25(30)35)15-21(27-31)23(33)26-18(2)24(34)29-13-11-28(12-14-29)19(3)32/h5-8,15,18H,4,9-14,16H2,1-3H3,(H,26,33)/t18-/m0/s1. The highest BCUT2D eigenvalue weighted by atomic mass is 16.2. The maximum atomic E-state index is 13.2. The van der Waals surface area contributed by atoms with Crippen LogP contribution in [-0.2, 0) is 22.7 Å². The third-order valence-corrected chi connectivity index (χ3v) is 6.57. The van der Waals surface area contributed by atoms with Crippen molar-refractivity contribution in [2.75, 3.05) is 32.7 Å². The van der Waals surface area contributed by atoms with E-state index in [9.17, 15) is 19.2 Å². The molecule has 0 bridgehead atoms.